The summed E-state index contributed by atoms with van der Waals surface area (Å²) in [4.78, 5) is 11.3. The van der Waals surface area contributed by atoms with Gasteiger partial charge >= 0.3 is 6.16 Å². The van der Waals surface area contributed by atoms with E-state index < -0.39 is 55.1 Å². The van der Waals surface area contributed by atoms with Crippen LogP contribution in [0.5, 0.6) is 11.6 Å². The normalized spacial score (nSPS) is 24.0. The first-order chi connectivity index (χ1) is 17.0. The van der Waals surface area contributed by atoms with E-state index in [0.717, 1.165) is 19.2 Å². The van der Waals surface area contributed by atoms with E-state index in [2.05, 4.69) is 9.84 Å². The Morgan fingerprint density at radius 1 is 1.14 bits per heavy atom. The molecule has 2 heterocycles. The smallest absolute Gasteiger partial charge is 0.494 e. The van der Waals surface area contributed by atoms with Gasteiger partial charge < -0.3 is 39.0 Å². The van der Waals surface area contributed by atoms with Crippen LogP contribution in [0.4, 0.5) is 13.6 Å². The highest BCUT2D eigenvalue weighted by molar-refractivity contribution is 5.59. The number of ether oxygens (including phenoxy) is 5. The van der Waals surface area contributed by atoms with Crippen LogP contribution >= 0.6 is 0 Å². The molecule has 1 fully saturated rings. The highest BCUT2D eigenvalue weighted by Gasteiger charge is 2.46. The van der Waals surface area contributed by atoms with Crippen molar-refractivity contribution in [2.24, 2.45) is 0 Å². The van der Waals surface area contributed by atoms with Crippen LogP contribution in [-0.2, 0) is 20.6 Å². The predicted octanol–water partition coefficient (Wildman–Crippen LogP) is 1.62. The zero-order chi connectivity index (χ0) is 26.7. The molecule has 0 saturated carbocycles. The van der Waals surface area contributed by atoms with E-state index in [1.807, 2.05) is 13.8 Å². The van der Waals surface area contributed by atoms with Crippen molar-refractivity contribution in [3.8, 4) is 11.6 Å². The van der Waals surface area contributed by atoms with E-state index >= 15 is 0 Å². The van der Waals surface area contributed by atoms with E-state index in [9.17, 15) is 28.9 Å². The minimum atomic E-state index is -1.71. The summed E-state index contributed by atoms with van der Waals surface area (Å²) < 4.78 is 55.9. The van der Waals surface area contributed by atoms with Gasteiger partial charge in [0.15, 0.2) is 11.6 Å². The molecule has 1 aromatic heterocycles. The molecule has 0 unspecified atom stereocenters. The molecule has 0 aliphatic carbocycles. The minimum Gasteiger partial charge on any atom is -0.494 e. The number of methoxy groups -OCH3 is 2. The Hall–Kier alpha value is -3.00. The lowest BCUT2D eigenvalue weighted by atomic mass is 9.99. The molecule has 0 radical (unpaired) electrons. The Bertz CT molecular complexity index is 1080. The van der Waals surface area contributed by atoms with Crippen LogP contribution in [0.1, 0.15) is 36.7 Å². The van der Waals surface area contributed by atoms with Gasteiger partial charge in [-0.05, 0) is 32.4 Å². The van der Waals surface area contributed by atoms with Crippen LogP contribution < -0.4 is 9.47 Å². The summed E-state index contributed by atoms with van der Waals surface area (Å²) in [6.07, 6.45) is -8.98. The van der Waals surface area contributed by atoms with Gasteiger partial charge in [0.05, 0.1) is 14.2 Å². The standard InChI is InChI=1S/C23H30F2N2O9/c1-10(2)27-11(3)13(6-12-7-15(25)16(32-4)8-14(12)24)21(26-27)36-22-20(30)19(29)18(28)17(35-22)9-34-23(31)33-5/h7-8,10,17-20,22,28-30H,6,9H2,1-5H3/t17-,18-,19+,20-,22+/m1/s1. The van der Waals surface area contributed by atoms with Crippen molar-refractivity contribution in [3.63, 3.8) is 0 Å². The van der Waals surface area contributed by atoms with Gasteiger partial charge in [0.2, 0.25) is 12.2 Å². The summed E-state index contributed by atoms with van der Waals surface area (Å²) in [5.74, 6) is -1.75. The molecule has 0 bridgehead atoms. The largest absolute Gasteiger partial charge is 0.508 e. The number of nitrogens with zero attached hydrogens (tertiary/aromatic N) is 2. The molecule has 1 aromatic carbocycles. The molecule has 3 rings (SSSR count). The maximum Gasteiger partial charge on any atom is 0.508 e. The Balaban J connectivity index is 1.92. The van der Waals surface area contributed by atoms with Crippen molar-refractivity contribution in [1.29, 1.82) is 0 Å². The number of aliphatic hydroxyl groups is 3. The zero-order valence-corrected chi connectivity index (χ0v) is 20.5. The lowest BCUT2D eigenvalue weighted by Crippen LogP contribution is -2.60. The first-order valence-corrected chi connectivity index (χ1v) is 11.1. The predicted molar refractivity (Wildman–Crippen MR) is 119 cm³/mol. The average Bonchev–Trinajstić information content (AvgIpc) is 3.15. The number of carbonyl (C=O) groups is 1. The molecule has 200 valence electrons. The third kappa shape index (κ3) is 5.69. The Morgan fingerprint density at radius 2 is 1.83 bits per heavy atom. The van der Waals surface area contributed by atoms with Crippen molar-refractivity contribution in [2.75, 3.05) is 20.8 Å². The van der Waals surface area contributed by atoms with E-state index in [0.29, 0.717) is 11.3 Å². The van der Waals surface area contributed by atoms with Crippen molar-refractivity contribution < 1.29 is 52.6 Å². The summed E-state index contributed by atoms with van der Waals surface area (Å²) in [5, 5.41) is 35.4. The zero-order valence-electron chi connectivity index (χ0n) is 20.5. The van der Waals surface area contributed by atoms with Crippen LogP contribution in [0, 0.1) is 18.6 Å². The molecule has 1 aliphatic heterocycles. The van der Waals surface area contributed by atoms with Gasteiger partial charge in [0.1, 0.15) is 36.8 Å². The molecule has 1 saturated heterocycles. The van der Waals surface area contributed by atoms with E-state index in [1.54, 1.807) is 11.6 Å². The van der Waals surface area contributed by atoms with Crippen LogP contribution in [-0.4, -0.2) is 82.8 Å². The monoisotopic (exact) mass is 516 g/mol. The fourth-order valence-corrected chi connectivity index (χ4v) is 3.85. The summed E-state index contributed by atoms with van der Waals surface area (Å²) >= 11 is 0. The third-order valence-electron chi connectivity index (χ3n) is 5.84. The van der Waals surface area contributed by atoms with Gasteiger partial charge in [0.25, 0.3) is 0 Å². The molecule has 11 nitrogen and oxygen atoms in total. The number of aromatic nitrogens is 2. The van der Waals surface area contributed by atoms with Gasteiger partial charge in [0, 0.05) is 29.8 Å². The van der Waals surface area contributed by atoms with Crippen molar-refractivity contribution in [1.82, 2.24) is 9.78 Å². The number of hydrogen-bond acceptors (Lipinski definition) is 10. The summed E-state index contributed by atoms with van der Waals surface area (Å²) in [5.41, 5.74) is 0.979. The van der Waals surface area contributed by atoms with E-state index in [4.69, 9.17) is 18.9 Å². The summed E-state index contributed by atoms with van der Waals surface area (Å²) in [7, 11) is 2.32. The first kappa shape index (κ1) is 27.6. The average molecular weight is 516 g/mol. The van der Waals surface area contributed by atoms with E-state index in [-0.39, 0.29) is 29.7 Å². The topological polar surface area (TPSA) is 142 Å². The number of benzene rings is 1. The molecule has 2 aromatic rings. The lowest BCUT2D eigenvalue weighted by Gasteiger charge is -2.39. The first-order valence-electron chi connectivity index (χ1n) is 11.1. The van der Waals surface area contributed by atoms with Gasteiger partial charge in [-0.2, -0.15) is 0 Å². The quantitative estimate of drug-likeness (QED) is 0.443. The van der Waals surface area contributed by atoms with Crippen LogP contribution in [0.2, 0.25) is 0 Å². The maximum atomic E-state index is 14.7. The van der Waals surface area contributed by atoms with Crippen molar-refractivity contribution >= 4 is 6.16 Å². The molecule has 1 aliphatic rings. The Kier molecular flexibility index (Phi) is 8.71. The molecular formula is C23H30F2N2O9. The fourth-order valence-electron chi connectivity index (χ4n) is 3.85. The van der Waals surface area contributed by atoms with Crippen LogP contribution in [0.3, 0.4) is 0 Å². The number of rotatable bonds is 8. The van der Waals surface area contributed by atoms with Crippen LogP contribution in [0.25, 0.3) is 0 Å². The SMILES string of the molecule is COC(=O)OC[C@H]1O[C@@H](Oc2nn(C(C)C)c(C)c2Cc2cc(F)c(OC)cc2F)[C@H](O)[C@@H](O)[C@@H]1O. The molecule has 36 heavy (non-hydrogen) atoms. The molecule has 0 spiro atoms. The summed E-state index contributed by atoms with van der Waals surface area (Å²) in [6, 6.07) is 1.81. The van der Waals surface area contributed by atoms with Crippen molar-refractivity contribution in [3.05, 3.63) is 40.6 Å². The third-order valence-corrected chi connectivity index (χ3v) is 5.84. The second-order valence-corrected chi connectivity index (χ2v) is 8.56. The Labute approximate surface area is 206 Å². The highest BCUT2D eigenvalue weighted by Crippen LogP contribution is 2.32. The maximum absolute atomic E-state index is 14.7. The highest BCUT2D eigenvalue weighted by atomic mass is 19.1. The fraction of sp³-hybridized carbons (Fsp3) is 0.565. The van der Waals surface area contributed by atoms with Gasteiger partial charge in [-0.25, -0.2) is 13.6 Å². The lowest BCUT2D eigenvalue weighted by molar-refractivity contribution is -0.278. The second-order valence-electron chi connectivity index (χ2n) is 8.56. The number of aliphatic hydroxyl groups excluding tert-OH is 3. The molecule has 0 amide bonds. The Morgan fingerprint density at radius 3 is 2.44 bits per heavy atom. The second kappa shape index (κ2) is 11.4. The van der Waals surface area contributed by atoms with Crippen molar-refractivity contribution in [2.45, 2.75) is 63.9 Å². The molecule has 3 N–H and O–H groups in total. The molecule has 13 heteroatoms. The van der Waals surface area contributed by atoms with E-state index in [1.165, 1.54) is 7.11 Å². The summed E-state index contributed by atoms with van der Waals surface area (Å²) in [6.45, 7) is 4.93. The van der Waals surface area contributed by atoms with Gasteiger partial charge in [-0.1, -0.05) is 0 Å². The van der Waals surface area contributed by atoms with Crippen LogP contribution in [0.15, 0.2) is 12.1 Å². The molecular weight excluding hydrogens is 486 g/mol. The number of carbonyl (C=O) groups excluding carboxylic acids is 1. The van der Waals surface area contributed by atoms with Gasteiger partial charge in [-0.3, -0.25) is 4.68 Å². The number of halogens is 2. The molecule has 5 atom stereocenters. The minimum absolute atomic E-state index is 0.00878. The number of hydrogen-bond donors (Lipinski definition) is 3. The van der Waals surface area contributed by atoms with Gasteiger partial charge in [-0.15, -0.1) is 5.10 Å².